The molecule has 0 saturated heterocycles. The molecule has 2 rings (SSSR count). The predicted molar refractivity (Wildman–Crippen MR) is 71.8 cm³/mol. The van der Waals surface area contributed by atoms with Gasteiger partial charge in [0.2, 0.25) is 0 Å². The number of aromatic nitrogens is 1. The molecule has 0 unspecified atom stereocenters. The zero-order chi connectivity index (χ0) is 12.3. The Morgan fingerprint density at radius 2 is 2.12 bits per heavy atom. The van der Waals surface area contributed by atoms with Gasteiger partial charge in [0.15, 0.2) is 0 Å². The van der Waals surface area contributed by atoms with Gasteiger partial charge in [-0.1, -0.05) is 18.2 Å². The third-order valence-corrected chi connectivity index (χ3v) is 2.85. The molecule has 17 heavy (non-hydrogen) atoms. The average molecular weight is 231 g/mol. The van der Waals surface area contributed by atoms with Crippen molar-refractivity contribution in [3.63, 3.8) is 0 Å². The maximum atomic E-state index is 11.9. The number of benzene rings is 1. The first-order chi connectivity index (χ1) is 8.22. The summed E-state index contributed by atoms with van der Waals surface area (Å²) in [7, 11) is 3.88. The van der Waals surface area contributed by atoms with Crippen LogP contribution in [0.25, 0.3) is 10.8 Å². The SMILES string of the molecule is CNCCN(C)c1cc2ccccc2c(=O)[nH]1. The van der Waals surface area contributed by atoms with Gasteiger partial charge < -0.3 is 15.2 Å². The molecule has 0 radical (unpaired) electrons. The van der Waals surface area contributed by atoms with Gasteiger partial charge in [0, 0.05) is 25.5 Å². The molecule has 0 bridgehead atoms. The number of H-pyrrole nitrogens is 1. The first-order valence-corrected chi connectivity index (χ1v) is 5.70. The van der Waals surface area contributed by atoms with Crippen molar-refractivity contribution in [3.8, 4) is 0 Å². The summed E-state index contributed by atoms with van der Waals surface area (Å²) in [5.74, 6) is 0.851. The van der Waals surface area contributed by atoms with Crippen molar-refractivity contribution >= 4 is 16.6 Å². The van der Waals surface area contributed by atoms with E-state index in [1.807, 2.05) is 49.3 Å². The summed E-state index contributed by atoms with van der Waals surface area (Å²) in [6, 6.07) is 9.62. The van der Waals surface area contributed by atoms with Gasteiger partial charge in [-0.15, -0.1) is 0 Å². The molecule has 0 amide bonds. The maximum Gasteiger partial charge on any atom is 0.257 e. The molecule has 0 aliphatic heterocycles. The van der Waals surface area contributed by atoms with E-state index in [2.05, 4.69) is 10.3 Å². The Labute approximate surface area is 100 Å². The Hall–Kier alpha value is -1.81. The number of pyridine rings is 1. The number of likely N-dealkylation sites (N-methyl/N-ethyl adjacent to an activating group) is 2. The van der Waals surface area contributed by atoms with Crippen molar-refractivity contribution in [3.05, 3.63) is 40.7 Å². The number of rotatable bonds is 4. The minimum absolute atomic E-state index is 0.0330. The molecule has 0 atom stereocenters. The molecule has 0 saturated carbocycles. The van der Waals surface area contributed by atoms with Gasteiger partial charge in [-0.3, -0.25) is 4.79 Å². The van der Waals surface area contributed by atoms with Gasteiger partial charge in [0.1, 0.15) is 5.82 Å². The first kappa shape index (κ1) is 11.7. The molecule has 1 aromatic carbocycles. The van der Waals surface area contributed by atoms with Crippen LogP contribution in [0.5, 0.6) is 0 Å². The van der Waals surface area contributed by atoms with Crippen LogP contribution in [0.2, 0.25) is 0 Å². The molecule has 2 aromatic rings. The standard InChI is InChI=1S/C13H17N3O/c1-14-7-8-16(2)12-9-10-5-3-4-6-11(10)13(17)15-12/h3-6,9,14H,7-8H2,1-2H3,(H,15,17). The maximum absolute atomic E-state index is 11.9. The van der Waals surface area contributed by atoms with Gasteiger partial charge in [-0.2, -0.15) is 0 Å². The molecule has 90 valence electrons. The molecule has 1 aromatic heterocycles. The van der Waals surface area contributed by atoms with Gasteiger partial charge in [0.25, 0.3) is 5.56 Å². The van der Waals surface area contributed by atoms with Crippen LogP contribution in [-0.4, -0.2) is 32.2 Å². The molecule has 0 aliphatic rings. The molecule has 4 heteroatoms. The summed E-state index contributed by atoms with van der Waals surface area (Å²) < 4.78 is 0. The van der Waals surface area contributed by atoms with E-state index in [1.54, 1.807) is 0 Å². The molecule has 0 fully saturated rings. The number of nitrogens with one attached hydrogen (secondary N) is 2. The highest BCUT2D eigenvalue weighted by Crippen LogP contribution is 2.14. The van der Waals surface area contributed by atoms with E-state index in [0.29, 0.717) is 0 Å². The second kappa shape index (κ2) is 5.01. The minimum atomic E-state index is -0.0330. The van der Waals surface area contributed by atoms with Crippen molar-refractivity contribution < 1.29 is 0 Å². The Bertz CT molecular complexity index is 562. The highest BCUT2D eigenvalue weighted by Gasteiger charge is 2.04. The third-order valence-electron chi connectivity index (χ3n) is 2.85. The van der Waals surface area contributed by atoms with Gasteiger partial charge in [-0.05, 0) is 24.6 Å². The van der Waals surface area contributed by atoms with E-state index in [-0.39, 0.29) is 5.56 Å². The van der Waals surface area contributed by atoms with Crippen LogP contribution in [0, 0.1) is 0 Å². The minimum Gasteiger partial charge on any atom is -0.360 e. The Morgan fingerprint density at radius 1 is 1.35 bits per heavy atom. The van der Waals surface area contributed by atoms with E-state index >= 15 is 0 Å². The van der Waals surface area contributed by atoms with Crippen molar-refractivity contribution in [2.75, 3.05) is 32.1 Å². The molecular formula is C13H17N3O. The fourth-order valence-corrected chi connectivity index (χ4v) is 1.80. The van der Waals surface area contributed by atoms with Gasteiger partial charge >= 0.3 is 0 Å². The van der Waals surface area contributed by atoms with Crippen molar-refractivity contribution in [1.29, 1.82) is 0 Å². The molecular weight excluding hydrogens is 214 g/mol. The number of nitrogens with zero attached hydrogens (tertiary/aromatic N) is 1. The number of hydrogen-bond donors (Lipinski definition) is 2. The number of aromatic amines is 1. The molecule has 1 heterocycles. The number of anilines is 1. The molecule has 4 nitrogen and oxygen atoms in total. The van der Waals surface area contributed by atoms with Crippen molar-refractivity contribution in [2.24, 2.45) is 0 Å². The lowest BCUT2D eigenvalue weighted by Crippen LogP contribution is -2.29. The second-order valence-electron chi connectivity index (χ2n) is 4.10. The fraction of sp³-hybridized carbons (Fsp3) is 0.308. The van der Waals surface area contributed by atoms with Crippen molar-refractivity contribution in [2.45, 2.75) is 0 Å². The quantitative estimate of drug-likeness (QED) is 0.830. The van der Waals surface area contributed by atoms with Crippen molar-refractivity contribution in [1.82, 2.24) is 10.3 Å². The summed E-state index contributed by atoms with van der Waals surface area (Å²) in [6.45, 7) is 1.73. The summed E-state index contributed by atoms with van der Waals surface area (Å²) in [5.41, 5.74) is -0.0330. The van der Waals surface area contributed by atoms with E-state index < -0.39 is 0 Å². The average Bonchev–Trinajstić information content (AvgIpc) is 2.36. The Balaban J connectivity index is 2.39. The van der Waals surface area contributed by atoms with Crippen LogP contribution >= 0.6 is 0 Å². The van der Waals surface area contributed by atoms with Crippen LogP contribution in [0.4, 0.5) is 5.82 Å². The zero-order valence-corrected chi connectivity index (χ0v) is 10.2. The lowest BCUT2D eigenvalue weighted by Gasteiger charge is -2.18. The van der Waals surface area contributed by atoms with Gasteiger partial charge in [0.05, 0.1) is 0 Å². The summed E-state index contributed by atoms with van der Waals surface area (Å²) in [5, 5.41) is 4.80. The first-order valence-electron chi connectivity index (χ1n) is 5.70. The summed E-state index contributed by atoms with van der Waals surface area (Å²) in [4.78, 5) is 16.8. The highest BCUT2D eigenvalue weighted by molar-refractivity contribution is 5.83. The molecule has 0 spiro atoms. The fourth-order valence-electron chi connectivity index (χ4n) is 1.80. The van der Waals surface area contributed by atoms with Crippen LogP contribution in [0.15, 0.2) is 35.1 Å². The van der Waals surface area contributed by atoms with E-state index in [9.17, 15) is 4.79 Å². The summed E-state index contributed by atoms with van der Waals surface area (Å²) >= 11 is 0. The lowest BCUT2D eigenvalue weighted by molar-refractivity contribution is 0.761. The third kappa shape index (κ3) is 2.47. The predicted octanol–water partition coefficient (Wildman–Crippen LogP) is 1.18. The van der Waals surface area contributed by atoms with E-state index in [0.717, 1.165) is 29.7 Å². The largest absolute Gasteiger partial charge is 0.360 e. The van der Waals surface area contributed by atoms with E-state index in [4.69, 9.17) is 0 Å². The second-order valence-corrected chi connectivity index (χ2v) is 4.10. The Kier molecular flexibility index (Phi) is 3.44. The monoisotopic (exact) mass is 231 g/mol. The Morgan fingerprint density at radius 3 is 2.88 bits per heavy atom. The normalized spacial score (nSPS) is 10.7. The molecule has 0 aliphatic carbocycles. The summed E-state index contributed by atoms with van der Waals surface area (Å²) in [6.07, 6.45) is 0. The highest BCUT2D eigenvalue weighted by atomic mass is 16.1. The smallest absolute Gasteiger partial charge is 0.257 e. The van der Waals surface area contributed by atoms with Crippen LogP contribution in [-0.2, 0) is 0 Å². The van der Waals surface area contributed by atoms with Crippen LogP contribution in [0.3, 0.4) is 0 Å². The topological polar surface area (TPSA) is 48.1 Å². The number of fused-ring (bicyclic) bond motifs is 1. The molecule has 2 N–H and O–H groups in total. The van der Waals surface area contributed by atoms with E-state index in [1.165, 1.54) is 0 Å². The number of hydrogen-bond acceptors (Lipinski definition) is 3. The van der Waals surface area contributed by atoms with Gasteiger partial charge in [-0.25, -0.2) is 0 Å². The van der Waals surface area contributed by atoms with Crippen LogP contribution in [0.1, 0.15) is 0 Å². The zero-order valence-electron chi connectivity index (χ0n) is 10.2. The lowest BCUT2D eigenvalue weighted by atomic mass is 10.2. The van der Waals surface area contributed by atoms with Crippen LogP contribution < -0.4 is 15.8 Å².